The lowest BCUT2D eigenvalue weighted by molar-refractivity contribution is 0.0703. The molecule has 19 heavy (non-hydrogen) atoms. The maximum Gasteiger partial charge on any atom is 0.253 e. The first-order valence-electron chi connectivity index (χ1n) is 5.82. The van der Waals surface area contributed by atoms with Crippen molar-refractivity contribution in [3.05, 3.63) is 36.5 Å². The number of rotatable bonds is 4. The molecule has 1 N–H and O–H groups in total. The van der Waals surface area contributed by atoms with Crippen LogP contribution in [0.1, 0.15) is 17.3 Å². The molecule has 0 aliphatic carbocycles. The minimum absolute atomic E-state index is 0.176. The lowest BCUT2D eigenvalue weighted by Gasteiger charge is -2.18. The van der Waals surface area contributed by atoms with Gasteiger partial charge >= 0.3 is 0 Å². The van der Waals surface area contributed by atoms with E-state index in [0.717, 1.165) is 0 Å². The van der Waals surface area contributed by atoms with Crippen LogP contribution in [0.5, 0.6) is 0 Å². The van der Waals surface area contributed by atoms with Crippen LogP contribution in [0.15, 0.2) is 31.0 Å². The van der Waals surface area contributed by atoms with Gasteiger partial charge in [0, 0.05) is 25.4 Å². The molecular weight excluding hydrogens is 246 g/mol. The van der Waals surface area contributed by atoms with Crippen molar-refractivity contribution in [1.82, 2.24) is 24.6 Å². The summed E-state index contributed by atoms with van der Waals surface area (Å²) in [6, 6.07) is 3.26. The van der Waals surface area contributed by atoms with E-state index in [1.807, 2.05) is 0 Å². The fourth-order valence-corrected chi connectivity index (χ4v) is 1.70. The highest BCUT2D eigenvalue weighted by molar-refractivity contribution is 5.94. The summed E-state index contributed by atoms with van der Waals surface area (Å²) in [5.41, 5.74) is 0.489. The van der Waals surface area contributed by atoms with Crippen LogP contribution < -0.4 is 0 Å². The van der Waals surface area contributed by atoms with Gasteiger partial charge in [0.2, 0.25) is 0 Å². The Balaban J connectivity index is 2.21. The van der Waals surface area contributed by atoms with Crippen molar-refractivity contribution < 1.29 is 9.90 Å². The molecule has 7 nitrogen and oxygen atoms in total. The van der Waals surface area contributed by atoms with Crippen LogP contribution in [0, 0.1) is 0 Å². The van der Waals surface area contributed by atoms with Crippen LogP contribution in [0.25, 0.3) is 5.82 Å². The third kappa shape index (κ3) is 3.14. The van der Waals surface area contributed by atoms with Crippen molar-refractivity contribution in [2.24, 2.45) is 0 Å². The first-order valence-corrected chi connectivity index (χ1v) is 5.82. The molecule has 1 amide bonds. The van der Waals surface area contributed by atoms with E-state index >= 15 is 0 Å². The van der Waals surface area contributed by atoms with Gasteiger partial charge in [0.1, 0.15) is 12.7 Å². The molecule has 2 heterocycles. The van der Waals surface area contributed by atoms with Crippen LogP contribution in [0.3, 0.4) is 0 Å². The fourth-order valence-electron chi connectivity index (χ4n) is 1.70. The highest BCUT2D eigenvalue weighted by atomic mass is 16.3. The van der Waals surface area contributed by atoms with Gasteiger partial charge < -0.3 is 10.0 Å². The minimum atomic E-state index is -0.564. The number of amides is 1. The van der Waals surface area contributed by atoms with Crippen LogP contribution in [-0.2, 0) is 0 Å². The molecule has 100 valence electrons. The van der Waals surface area contributed by atoms with E-state index in [2.05, 4.69) is 15.1 Å². The second-order valence-corrected chi connectivity index (χ2v) is 4.28. The van der Waals surface area contributed by atoms with E-state index in [0.29, 0.717) is 11.4 Å². The van der Waals surface area contributed by atoms with Gasteiger partial charge in [-0.2, -0.15) is 5.10 Å². The smallest absolute Gasteiger partial charge is 0.253 e. The van der Waals surface area contributed by atoms with Gasteiger partial charge in [-0.3, -0.25) is 4.79 Å². The number of hydrogen-bond acceptors (Lipinski definition) is 5. The second kappa shape index (κ2) is 5.57. The number of aliphatic hydroxyl groups excluding tert-OH is 1. The molecule has 0 aliphatic rings. The molecule has 7 heteroatoms. The van der Waals surface area contributed by atoms with Gasteiger partial charge in [0.15, 0.2) is 5.82 Å². The van der Waals surface area contributed by atoms with Crippen molar-refractivity contribution in [2.75, 3.05) is 13.6 Å². The minimum Gasteiger partial charge on any atom is -0.392 e. The van der Waals surface area contributed by atoms with Crippen molar-refractivity contribution in [3.63, 3.8) is 0 Å². The molecule has 0 aliphatic heterocycles. The Labute approximate surface area is 110 Å². The highest BCUT2D eigenvalue weighted by Gasteiger charge is 2.14. The number of likely N-dealkylation sites (N-methyl/N-ethyl adjacent to an activating group) is 1. The van der Waals surface area contributed by atoms with Gasteiger partial charge in [-0.05, 0) is 19.1 Å². The molecule has 2 aromatic rings. The molecule has 0 spiro atoms. The summed E-state index contributed by atoms with van der Waals surface area (Å²) < 4.78 is 1.48. The first-order chi connectivity index (χ1) is 9.08. The lowest BCUT2D eigenvalue weighted by Crippen LogP contribution is -2.33. The van der Waals surface area contributed by atoms with Gasteiger partial charge in [0.05, 0.1) is 6.10 Å². The molecule has 0 saturated heterocycles. The number of hydrogen-bond donors (Lipinski definition) is 1. The Morgan fingerprint density at radius 3 is 3.00 bits per heavy atom. The SMILES string of the molecule is CC(O)CN(C)C(=O)c1ccnc(-n2cncn2)c1. The van der Waals surface area contributed by atoms with Crippen molar-refractivity contribution in [2.45, 2.75) is 13.0 Å². The normalized spacial score (nSPS) is 12.2. The Morgan fingerprint density at radius 2 is 2.37 bits per heavy atom. The molecule has 0 radical (unpaired) electrons. The van der Waals surface area contributed by atoms with Crippen molar-refractivity contribution in [1.29, 1.82) is 0 Å². The van der Waals surface area contributed by atoms with E-state index in [-0.39, 0.29) is 12.5 Å². The Kier molecular flexibility index (Phi) is 3.86. The maximum atomic E-state index is 12.1. The summed E-state index contributed by atoms with van der Waals surface area (Å²) in [5.74, 6) is 0.346. The van der Waals surface area contributed by atoms with Gasteiger partial charge in [-0.25, -0.2) is 14.6 Å². The summed E-state index contributed by atoms with van der Waals surface area (Å²) in [4.78, 5) is 21.6. The van der Waals surface area contributed by atoms with E-state index in [1.54, 1.807) is 32.3 Å². The van der Waals surface area contributed by atoms with Crippen LogP contribution >= 0.6 is 0 Å². The number of nitrogens with zero attached hydrogens (tertiary/aromatic N) is 5. The van der Waals surface area contributed by atoms with Crippen molar-refractivity contribution >= 4 is 5.91 Å². The molecule has 1 unspecified atom stereocenters. The summed E-state index contributed by atoms with van der Waals surface area (Å²) in [7, 11) is 1.64. The largest absolute Gasteiger partial charge is 0.392 e. The Morgan fingerprint density at radius 1 is 1.58 bits per heavy atom. The average Bonchev–Trinajstić information content (AvgIpc) is 2.91. The first kappa shape index (κ1) is 13.2. The summed E-state index contributed by atoms with van der Waals surface area (Å²) in [5, 5.41) is 13.3. The molecule has 0 bridgehead atoms. The van der Waals surface area contributed by atoms with E-state index in [1.165, 1.54) is 22.2 Å². The number of carbonyl (C=O) groups is 1. The van der Waals surface area contributed by atoms with Crippen LogP contribution in [0.4, 0.5) is 0 Å². The zero-order valence-electron chi connectivity index (χ0n) is 10.8. The number of carbonyl (C=O) groups excluding carboxylic acids is 1. The molecule has 2 rings (SSSR count). The predicted octanol–water partition coefficient (Wildman–Crippen LogP) is 0.115. The van der Waals surface area contributed by atoms with Crippen LogP contribution in [-0.4, -0.2) is 55.4 Å². The lowest BCUT2D eigenvalue weighted by atomic mass is 10.2. The molecule has 2 aromatic heterocycles. The van der Waals surface area contributed by atoms with Gasteiger partial charge in [-0.15, -0.1) is 0 Å². The Hall–Kier alpha value is -2.28. The number of pyridine rings is 1. The second-order valence-electron chi connectivity index (χ2n) is 4.28. The van der Waals surface area contributed by atoms with Crippen LogP contribution in [0.2, 0.25) is 0 Å². The third-order valence-electron chi connectivity index (χ3n) is 2.53. The summed E-state index contributed by atoms with van der Waals surface area (Å²) in [6.07, 6.45) is 3.89. The van der Waals surface area contributed by atoms with E-state index in [4.69, 9.17) is 0 Å². The summed E-state index contributed by atoms with van der Waals surface area (Å²) in [6.45, 7) is 1.91. The zero-order valence-corrected chi connectivity index (χ0v) is 10.8. The Bertz CT molecular complexity index is 553. The van der Waals surface area contributed by atoms with E-state index in [9.17, 15) is 9.90 Å². The predicted molar refractivity (Wildman–Crippen MR) is 67.8 cm³/mol. The molecule has 0 fully saturated rings. The van der Waals surface area contributed by atoms with Gasteiger partial charge in [0.25, 0.3) is 5.91 Å². The maximum absolute atomic E-state index is 12.1. The van der Waals surface area contributed by atoms with Gasteiger partial charge in [-0.1, -0.05) is 0 Å². The summed E-state index contributed by atoms with van der Waals surface area (Å²) >= 11 is 0. The monoisotopic (exact) mass is 261 g/mol. The fraction of sp³-hybridized carbons (Fsp3) is 0.333. The standard InChI is InChI=1S/C12H15N5O2/c1-9(18)6-16(2)12(19)10-3-4-14-11(5-10)17-8-13-7-15-17/h3-5,7-9,18H,6H2,1-2H3. The molecular formula is C12H15N5O2. The molecule has 0 saturated carbocycles. The van der Waals surface area contributed by atoms with E-state index < -0.39 is 6.10 Å². The zero-order chi connectivity index (χ0) is 13.8. The number of aromatic nitrogens is 4. The average molecular weight is 261 g/mol. The highest BCUT2D eigenvalue weighted by Crippen LogP contribution is 2.08. The molecule has 1 atom stereocenters. The van der Waals surface area contributed by atoms with Crippen molar-refractivity contribution in [3.8, 4) is 5.82 Å². The quantitative estimate of drug-likeness (QED) is 0.844. The molecule has 0 aromatic carbocycles. The third-order valence-corrected chi connectivity index (χ3v) is 2.53. The topological polar surface area (TPSA) is 84.1 Å². The number of aliphatic hydroxyl groups is 1.